The minimum Gasteiger partial charge on any atom is -0.491 e. The number of nitrogen functional groups attached to an aromatic ring is 1. The predicted octanol–water partition coefficient (Wildman–Crippen LogP) is 2.83. The van der Waals surface area contributed by atoms with Crippen molar-refractivity contribution in [1.29, 1.82) is 0 Å². The highest BCUT2D eigenvalue weighted by Gasteiger charge is 2.09. The first-order valence-corrected chi connectivity index (χ1v) is 6.85. The van der Waals surface area contributed by atoms with E-state index in [9.17, 15) is 4.79 Å². The zero-order valence-electron chi connectivity index (χ0n) is 12.0. The summed E-state index contributed by atoms with van der Waals surface area (Å²) in [6.45, 7) is 7.53. The molecule has 1 aromatic carbocycles. The lowest BCUT2D eigenvalue weighted by Gasteiger charge is -2.11. The molecule has 1 amide bonds. The summed E-state index contributed by atoms with van der Waals surface area (Å²) in [6.07, 6.45) is 2.08. The van der Waals surface area contributed by atoms with Gasteiger partial charge >= 0.3 is 0 Å². The molecular formula is C15H24N2O2. The number of anilines is 1. The summed E-state index contributed by atoms with van der Waals surface area (Å²) in [6, 6.07) is 5.17. The number of hydrogen-bond donors (Lipinski definition) is 2. The second-order valence-corrected chi connectivity index (χ2v) is 5.06. The number of nitrogens with one attached hydrogen (secondary N) is 1. The third-order valence-electron chi connectivity index (χ3n) is 2.70. The second-order valence-electron chi connectivity index (χ2n) is 5.06. The first-order valence-electron chi connectivity index (χ1n) is 6.85. The normalized spacial score (nSPS) is 10.5. The third-order valence-corrected chi connectivity index (χ3v) is 2.70. The fraction of sp³-hybridized carbons (Fsp3) is 0.533. The molecule has 0 spiro atoms. The Balaban J connectivity index is 2.62. The van der Waals surface area contributed by atoms with Gasteiger partial charge in [-0.2, -0.15) is 0 Å². The summed E-state index contributed by atoms with van der Waals surface area (Å²) in [4.78, 5) is 11.9. The van der Waals surface area contributed by atoms with Crippen molar-refractivity contribution in [3.8, 4) is 5.75 Å². The van der Waals surface area contributed by atoms with Crippen molar-refractivity contribution in [1.82, 2.24) is 5.32 Å². The summed E-state index contributed by atoms with van der Waals surface area (Å²) in [7, 11) is 0. The van der Waals surface area contributed by atoms with Crippen LogP contribution in [0.4, 0.5) is 5.69 Å². The van der Waals surface area contributed by atoms with Crippen LogP contribution in [0.15, 0.2) is 18.2 Å². The zero-order valence-corrected chi connectivity index (χ0v) is 12.0. The van der Waals surface area contributed by atoms with Crippen molar-refractivity contribution >= 4 is 11.6 Å². The standard InChI is InChI=1S/C15H24N2O2/c1-4-5-8-19-14-7-6-12(9-13(14)16)15(18)17-10-11(2)3/h6-7,9,11H,4-5,8,10,16H2,1-3H3,(H,17,18). The summed E-state index contributed by atoms with van der Waals surface area (Å²) in [5.74, 6) is 0.979. The van der Waals surface area contributed by atoms with Crippen LogP contribution in [0.2, 0.25) is 0 Å². The minimum absolute atomic E-state index is 0.0968. The van der Waals surface area contributed by atoms with Crippen molar-refractivity contribution in [2.45, 2.75) is 33.6 Å². The largest absolute Gasteiger partial charge is 0.491 e. The Morgan fingerprint density at radius 1 is 1.42 bits per heavy atom. The number of ether oxygens (including phenoxy) is 1. The van der Waals surface area contributed by atoms with Gasteiger partial charge in [0.25, 0.3) is 5.91 Å². The molecule has 0 bridgehead atoms. The predicted molar refractivity (Wildman–Crippen MR) is 78.4 cm³/mol. The smallest absolute Gasteiger partial charge is 0.251 e. The van der Waals surface area contributed by atoms with Crippen LogP contribution in [-0.2, 0) is 0 Å². The van der Waals surface area contributed by atoms with E-state index in [0.717, 1.165) is 12.8 Å². The first-order chi connectivity index (χ1) is 9.04. The van der Waals surface area contributed by atoms with Crippen LogP contribution in [-0.4, -0.2) is 19.1 Å². The number of amides is 1. The molecule has 0 saturated heterocycles. The van der Waals surface area contributed by atoms with Gasteiger partial charge in [0.2, 0.25) is 0 Å². The summed E-state index contributed by atoms with van der Waals surface area (Å²) in [5, 5.41) is 2.86. The average molecular weight is 264 g/mol. The molecule has 4 heteroatoms. The third kappa shape index (κ3) is 5.20. The highest BCUT2D eigenvalue weighted by molar-refractivity contribution is 5.95. The lowest BCUT2D eigenvalue weighted by atomic mass is 10.1. The first kappa shape index (κ1) is 15.3. The van der Waals surface area contributed by atoms with E-state index in [0.29, 0.717) is 36.1 Å². The number of carbonyl (C=O) groups is 1. The minimum atomic E-state index is -0.0968. The van der Waals surface area contributed by atoms with Crippen LogP contribution >= 0.6 is 0 Å². The molecule has 0 aromatic heterocycles. The van der Waals surface area contributed by atoms with Gasteiger partial charge in [0.15, 0.2) is 0 Å². The van der Waals surface area contributed by atoms with E-state index in [2.05, 4.69) is 26.1 Å². The van der Waals surface area contributed by atoms with Gasteiger partial charge in [-0.1, -0.05) is 27.2 Å². The Morgan fingerprint density at radius 3 is 2.74 bits per heavy atom. The average Bonchev–Trinajstić information content (AvgIpc) is 2.38. The van der Waals surface area contributed by atoms with Gasteiger partial charge in [-0.15, -0.1) is 0 Å². The molecule has 4 nitrogen and oxygen atoms in total. The molecule has 0 aliphatic carbocycles. The fourth-order valence-electron chi connectivity index (χ4n) is 1.55. The lowest BCUT2D eigenvalue weighted by Crippen LogP contribution is -2.27. The van der Waals surface area contributed by atoms with Crippen LogP contribution in [0, 0.1) is 5.92 Å². The van der Waals surface area contributed by atoms with Gasteiger partial charge in [0.1, 0.15) is 5.75 Å². The highest BCUT2D eigenvalue weighted by Crippen LogP contribution is 2.22. The van der Waals surface area contributed by atoms with E-state index >= 15 is 0 Å². The molecule has 1 rings (SSSR count). The quantitative estimate of drug-likeness (QED) is 0.588. The Hall–Kier alpha value is -1.71. The summed E-state index contributed by atoms with van der Waals surface area (Å²) < 4.78 is 5.55. The van der Waals surface area contributed by atoms with Gasteiger partial charge < -0.3 is 15.8 Å². The maximum Gasteiger partial charge on any atom is 0.251 e. The van der Waals surface area contributed by atoms with E-state index < -0.39 is 0 Å². The van der Waals surface area contributed by atoms with Gasteiger partial charge in [0, 0.05) is 12.1 Å². The monoisotopic (exact) mass is 264 g/mol. The van der Waals surface area contributed by atoms with Crippen molar-refractivity contribution < 1.29 is 9.53 Å². The van der Waals surface area contributed by atoms with E-state index in [1.807, 2.05) is 0 Å². The van der Waals surface area contributed by atoms with Gasteiger partial charge in [-0.25, -0.2) is 0 Å². The summed E-state index contributed by atoms with van der Waals surface area (Å²) in [5.41, 5.74) is 6.97. The van der Waals surface area contributed by atoms with E-state index in [1.54, 1.807) is 18.2 Å². The molecule has 1 aromatic rings. The SMILES string of the molecule is CCCCOc1ccc(C(=O)NCC(C)C)cc1N. The van der Waals surface area contributed by atoms with Gasteiger partial charge in [0.05, 0.1) is 12.3 Å². The Kier molecular flexibility index (Phi) is 6.19. The zero-order chi connectivity index (χ0) is 14.3. The van der Waals surface area contributed by atoms with E-state index in [4.69, 9.17) is 10.5 Å². The fourth-order valence-corrected chi connectivity index (χ4v) is 1.55. The van der Waals surface area contributed by atoms with Crippen LogP contribution < -0.4 is 15.8 Å². The molecule has 106 valence electrons. The molecule has 19 heavy (non-hydrogen) atoms. The van der Waals surface area contributed by atoms with Crippen LogP contribution in [0.25, 0.3) is 0 Å². The van der Waals surface area contributed by atoms with E-state index in [1.165, 1.54) is 0 Å². The van der Waals surface area contributed by atoms with Crippen LogP contribution in [0.1, 0.15) is 44.0 Å². The molecule has 0 aliphatic heterocycles. The van der Waals surface area contributed by atoms with Crippen molar-refractivity contribution in [2.75, 3.05) is 18.9 Å². The maximum atomic E-state index is 11.9. The molecule has 3 N–H and O–H groups in total. The van der Waals surface area contributed by atoms with Crippen molar-refractivity contribution in [2.24, 2.45) is 5.92 Å². The number of unbranched alkanes of at least 4 members (excludes halogenated alkanes) is 1. The topological polar surface area (TPSA) is 64.3 Å². The second kappa shape index (κ2) is 7.67. The van der Waals surface area contributed by atoms with Crippen LogP contribution in [0.3, 0.4) is 0 Å². The lowest BCUT2D eigenvalue weighted by molar-refractivity contribution is 0.0949. The number of benzene rings is 1. The number of rotatable bonds is 7. The highest BCUT2D eigenvalue weighted by atomic mass is 16.5. The van der Waals surface area contributed by atoms with E-state index in [-0.39, 0.29) is 5.91 Å². The molecule has 0 heterocycles. The number of nitrogens with two attached hydrogens (primary N) is 1. The molecule has 0 atom stereocenters. The van der Waals surface area contributed by atoms with Crippen molar-refractivity contribution in [3.05, 3.63) is 23.8 Å². The Bertz CT molecular complexity index is 417. The summed E-state index contributed by atoms with van der Waals surface area (Å²) >= 11 is 0. The molecule has 0 saturated carbocycles. The molecule has 0 aliphatic rings. The molecule has 0 radical (unpaired) electrons. The van der Waals surface area contributed by atoms with Crippen molar-refractivity contribution in [3.63, 3.8) is 0 Å². The number of carbonyl (C=O) groups excluding carboxylic acids is 1. The van der Waals surface area contributed by atoms with Gasteiger partial charge in [-0.3, -0.25) is 4.79 Å². The van der Waals surface area contributed by atoms with Crippen LogP contribution in [0.5, 0.6) is 5.75 Å². The Morgan fingerprint density at radius 2 is 2.16 bits per heavy atom. The maximum absolute atomic E-state index is 11.9. The molecule has 0 unspecified atom stereocenters. The molecule has 0 fully saturated rings. The molecular weight excluding hydrogens is 240 g/mol. The van der Waals surface area contributed by atoms with Gasteiger partial charge in [-0.05, 0) is 30.5 Å². The number of hydrogen-bond acceptors (Lipinski definition) is 3. The Labute approximate surface area is 115 Å².